The van der Waals surface area contributed by atoms with E-state index in [1.54, 1.807) is 0 Å². The van der Waals surface area contributed by atoms with Gasteiger partial charge < -0.3 is 9.80 Å². The first-order chi connectivity index (χ1) is 11.6. The number of hydrogen-bond acceptors (Lipinski definition) is 4. The van der Waals surface area contributed by atoms with Crippen LogP contribution < -0.4 is 0 Å². The lowest BCUT2D eigenvalue weighted by molar-refractivity contribution is -0.134. The van der Waals surface area contributed by atoms with Crippen molar-refractivity contribution in [1.29, 1.82) is 0 Å². The van der Waals surface area contributed by atoms with Crippen LogP contribution in [0.1, 0.15) is 46.0 Å². The standard InChI is InChI=1S/C19H36N4O/c1-17(2)21-14-12-20(13-15-21)16-19(24)23-10-6-18(7-11-23)22-8-4-3-5-9-22/h17-18H,3-16H2,1-2H3. The fourth-order valence-electron chi connectivity index (χ4n) is 4.49. The zero-order valence-corrected chi connectivity index (χ0v) is 15.8. The molecule has 3 aliphatic rings. The molecule has 0 saturated carbocycles. The molecule has 3 heterocycles. The largest absolute Gasteiger partial charge is 0.341 e. The summed E-state index contributed by atoms with van der Waals surface area (Å²) in [5, 5.41) is 0. The smallest absolute Gasteiger partial charge is 0.236 e. The molecule has 5 heteroatoms. The summed E-state index contributed by atoms with van der Waals surface area (Å²) in [5.41, 5.74) is 0. The second kappa shape index (κ2) is 8.63. The number of carbonyl (C=O) groups is 1. The van der Waals surface area contributed by atoms with Crippen molar-refractivity contribution in [3.63, 3.8) is 0 Å². The van der Waals surface area contributed by atoms with Crippen LogP contribution in [0.15, 0.2) is 0 Å². The molecule has 0 aromatic rings. The van der Waals surface area contributed by atoms with Crippen LogP contribution in [0.4, 0.5) is 0 Å². The number of amides is 1. The molecule has 0 aromatic heterocycles. The number of rotatable bonds is 4. The van der Waals surface area contributed by atoms with E-state index in [4.69, 9.17) is 0 Å². The summed E-state index contributed by atoms with van der Waals surface area (Å²) in [6.07, 6.45) is 6.47. The lowest BCUT2D eigenvalue weighted by Gasteiger charge is -2.41. The van der Waals surface area contributed by atoms with Gasteiger partial charge in [-0.1, -0.05) is 6.42 Å². The van der Waals surface area contributed by atoms with E-state index in [-0.39, 0.29) is 0 Å². The average molecular weight is 337 g/mol. The zero-order valence-electron chi connectivity index (χ0n) is 15.8. The highest BCUT2D eigenvalue weighted by molar-refractivity contribution is 5.78. The van der Waals surface area contributed by atoms with Crippen molar-refractivity contribution in [3.05, 3.63) is 0 Å². The monoisotopic (exact) mass is 336 g/mol. The summed E-state index contributed by atoms with van der Waals surface area (Å²) in [7, 11) is 0. The normalized spacial score (nSPS) is 26.2. The second-order valence-corrected chi connectivity index (χ2v) is 8.11. The van der Waals surface area contributed by atoms with Crippen molar-refractivity contribution in [1.82, 2.24) is 19.6 Å². The molecule has 3 aliphatic heterocycles. The van der Waals surface area contributed by atoms with Crippen molar-refractivity contribution < 1.29 is 4.79 Å². The minimum atomic E-state index is 0.352. The van der Waals surface area contributed by atoms with E-state index in [2.05, 4.69) is 33.4 Å². The van der Waals surface area contributed by atoms with E-state index in [0.717, 1.165) is 45.3 Å². The number of hydrogen-bond donors (Lipinski definition) is 0. The van der Waals surface area contributed by atoms with Gasteiger partial charge in [0.15, 0.2) is 0 Å². The van der Waals surface area contributed by atoms with E-state index in [0.29, 0.717) is 18.5 Å². The van der Waals surface area contributed by atoms with Gasteiger partial charge in [0.2, 0.25) is 5.91 Å². The third-order valence-corrected chi connectivity index (χ3v) is 6.22. The SMILES string of the molecule is CC(C)N1CCN(CC(=O)N2CCC(N3CCCCC3)CC2)CC1. The summed E-state index contributed by atoms with van der Waals surface area (Å²) in [6.45, 7) is 13.9. The van der Waals surface area contributed by atoms with Crippen molar-refractivity contribution >= 4 is 5.91 Å². The summed E-state index contributed by atoms with van der Waals surface area (Å²) >= 11 is 0. The molecule has 3 rings (SSSR count). The first-order valence-corrected chi connectivity index (χ1v) is 10.1. The van der Waals surface area contributed by atoms with Crippen molar-refractivity contribution in [3.8, 4) is 0 Å². The van der Waals surface area contributed by atoms with Crippen LogP contribution in [0, 0.1) is 0 Å². The molecule has 5 nitrogen and oxygen atoms in total. The van der Waals surface area contributed by atoms with Crippen LogP contribution in [0.2, 0.25) is 0 Å². The molecule has 24 heavy (non-hydrogen) atoms. The number of piperidine rings is 2. The molecule has 0 aromatic carbocycles. The summed E-state index contributed by atoms with van der Waals surface area (Å²) < 4.78 is 0. The van der Waals surface area contributed by atoms with Crippen LogP contribution in [-0.2, 0) is 4.79 Å². The Hall–Kier alpha value is -0.650. The lowest BCUT2D eigenvalue weighted by atomic mass is 10.00. The quantitative estimate of drug-likeness (QED) is 0.778. The van der Waals surface area contributed by atoms with E-state index in [1.165, 1.54) is 45.2 Å². The van der Waals surface area contributed by atoms with Gasteiger partial charge in [-0.05, 0) is 52.6 Å². The van der Waals surface area contributed by atoms with Gasteiger partial charge in [-0.2, -0.15) is 0 Å². The molecular formula is C19H36N4O. The van der Waals surface area contributed by atoms with Crippen LogP contribution in [0.25, 0.3) is 0 Å². The highest BCUT2D eigenvalue weighted by Crippen LogP contribution is 2.21. The average Bonchev–Trinajstić information content (AvgIpc) is 2.63. The molecule has 0 radical (unpaired) electrons. The molecule has 1 amide bonds. The van der Waals surface area contributed by atoms with Gasteiger partial charge in [-0.15, -0.1) is 0 Å². The van der Waals surface area contributed by atoms with Gasteiger partial charge in [0.05, 0.1) is 6.54 Å². The Morgan fingerprint density at radius 2 is 1.50 bits per heavy atom. The van der Waals surface area contributed by atoms with E-state index in [9.17, 15) is 4.79 Å². The van der Waals surface area contributed by atoms with Gasteiger partial charge >= 0.3 is 0 Å². The molecule has 3 fully saturated rings. The molecule has 0 unspecified atom stereocenters. The number of nitrogens with zero attached hydrogens (tertiary/aromatic N) is 4. The Kier molecular flexibility index (Phi) is 6.53. The lowest BCUT2D eigenvalue weighted by Crippen LogP contribution is -2.53. The fourth-order valence-corrected chi connectivity index (χ4v) is 4.49. The minimum absolute atomic E-state index is 0.352. The van der Waals surface area contributed by atoms with E-state index < -0.39 is 0 Å². The molecule has 0 bridgehead atoms. The molecule has 3 saturated heterocycles. The van der Waals surface area contributed by atoms with Crippen molar-refractivity contribution in [2.45, 2.75) is 58.0 Å². The third-order valence-electron chi connectivity index (χ3n) is 6.22. The minimum Gasteiger partial charge on any atom is -0.341 e. The highest BCUT2D eigenvalue weighted by atomic mass is 16.2. The maximum Gasteiger partial charge on any atom is 0.236 e. The molecule has 138 valence electrons. The Bertz CT molecular complexity index is 392. The second-order valence-electron chi connectivity index (χ2n) is 8.11. The zero-order chi connectivity index (χ0) is 16.9. The first-order valence-electron chi connectivity index (χ1n) is 10.1. The van der Waals surface area contributed by atoms with E-state index >= 15 is 0 Å². The maximum absolute atomic E-state index is 12.6. The molecular weight excluding hydrogens is 300 g/mol. The molecule has 0 N–H and O–H groups in total. The first kappa shape index (κ1) is 18.2. The number of carbonyl (C=O) groups excluding carboxylic acids is 1. The van der Waals surface area contributed by atoms with Gasteiger partial charge in [0, 0.05) is 51.4 Å². The topological polar surface area (TPSA) is 30.0 Å². The van der Waals surface area contributed by atoms with Crippen molar-refractivity contribution in [2.24, 2.45) is 0 Å². The predicted molar refractivity (Wildman–Crippen MR) is 98.2 cm³/mol. The maximum atomic E-state index is 12.6. The molecule has 0 spiro atoms. The van der Waals surface area contributed by atoms with Gasteiger partial charge in [-0.3, -0.25) is 14.6 Å². The van der Waals surface area contributed by atoms with Gasteiger partial charge in [-0.25, -0.2) is 0 Å². The summed E-state index contributed by atoms with van der Waals surface area (Å²) in [5.74, 6) is 0.352. The summed E-state index contributed by atoms with van der Waals surface area (Å²) in [6, 6.07) is 1.35. The van der Waals surface area contributed by atoms with Crippen LogP contribution in [-0.4, -0.2) is 96.5 Å². The van der Waals surface area contributed by atoms with E-state index in [1.807, 2.05) is 0 Å². The fraction of sp³-hybridized carbons (Fsp3) is 0.947. The number of piperazine rings is 1. The van der Waals surface area contributed by atoms with Crippen LogP contribution in [0.5, 0.6) is 0 Å². The third kappa shape index (κ3) is 4.70. The molecule has 0 aliphatic carbocycles. The van der Waals surface area contributed by atoms with Crippen molar-refractivity contribution in [2.75, 3.05) is 58.9 Å². The molecule has 0 atom stereocenters. The Morgan fingerprint density at radius 3 is 2.08 bits per heavy atom. The number of likely N-dealkylation sites (tertiary alicyclic amines) is 2. The Labute approximate surface area is 147 Å². The predicted octanol–water partition coefficient (Wildman–Crippen LogP) is 1.49. The Balaban J connectivity index is 1.38. The summed E-state index contributed by atoms with van der Waals surface area (Å²) in [4.78, 5) is 22.3. The highest BCUT2D eigenvalue weighted by Gasteiger charge is 2.29. The van der Waals surface area contributed by atoms with Crippen LogP contribution >= 0.6 is 0 Å². The van der Waals surface area contributed by atoms with Crippen LogP contribution in [0.3, 0.4) is 0 Å². The van der Waals surface area contributed by atoms with Gasteiger partial charge in [0.1, 0.15) is 0 Å². The Morgan fingerprint density at radius 1 is 0.875 bits per heavy atom. The van der Waals surface area contributed by atoms with Gasteiger partial charge in [0.25, 0.3) is 0 Å².